The number of phenols is 1. The third kappa shape index (κ3) is 2.41. The van der Waals surface area contributed by atoms with Crippen LogP contribution in [0.25, 0.3) is 0 Å². The normalized spacial score (nSPS) is 19.4. The summed E-state index contributed by atoms with van der Waals surface area (Å²) in [4.78, 5) is 37.7. The number of phenolic OH excluding ortho intramolecular Hbond substituents is 1. The molecule has 0 saturated heterocycles. The van der Waals surface area contributed by atoms with Gasteiger partial charge >= 0.3 is 5.97 Å². The van der Waals surface area contributed by atoms with Gasteiger partial charge in [0, 0.05) is 27.1 Å². The van der Waals surface area contributed by atoms with E-state index in [-0.39, 0.29) is 40.4 Å². The van der Waals surface area contributed by atoms with Crippen molar-refractivity contribution in [2.24, 2.45) is 0 Å². The average Bonchev–Trinajstić information content (AvgIpc) is 2.61. The van der Waals surface area contributed by atoms with Crippen molar-refractivity contribution < 1.29 is 24.2 Å². The van der Waals surface area contributed by atoms with Crippen LogP contribution in [-0.4, -0.2) is 22.6 Å². The van der Waals surface area contributed by atoms with Gasteiger partial charge in [0.15, 0.2) is 11.5 Å². The molecule has 1 aliphatic carbocycles. The Kier molecular flexibility index (Phi) is 3.58. The second kappa shape index (κ2) is 5.67. The van der Waals surface area contributed by atoms with Gasteiger partial charge in [-0.05, 0) is 18.2 Å². The Morgan fingerprint density at radius 1 is 1.00 bits per heavy atom. The minimum atomic E-state index is -0.737. The number of esters is 1. The summed E-state index contributed by atoms with van der Waals surface area (Å²) in [6.45, 7) is 0. The summed E-state index contributed by atoms with van der Waals surface area (Å²) >= 11 is 3.32. The molecule has 4 rings (SSSR count). The van der Waals surface area contributed by atoms with Gasteiger partial charge < -0.3 is 9.84 Å². The van der Waals surface area contributed by atoms with Gasteiger partial charge in [-0.3, -0.25) is 14.4 Å². The Bertz CT molecular complexity index is 989. The van der Waals surface area contributed by atoms with Crippen molar-refractivity contribution in [3.8, 4) is 5.75 Å². The maximum atomic E-state index is 13.0. The maximum Gasteiger partial charge on any atom is 0.312 e. The van der Waals surface area contributed by atoms with Crippen molar-refractivity contribution >= 4 is 33.5 Å². The van der Waals surface area contributed by atoms with E-state index in [1.165, 1.54) is 12.1 Å². The molecule has 124 valence electrons. The van der Waals surface area contributed by atoms with Gasteiger partial charge in [0.25, 0.3) is 0 Å². The van der Waals surface area contributed by atoms with Gasteiger partial charge in [-0.1, -0.05) is 40.2 Å². The number of hydrogen-bond acceptors (Lipinski definition) is 5. The monoisotopic (exact) mass is 398 g/mol. The largest absolute Gasteiger partial charge is 0.508 e. The topological polar surface area (TPSA) is 80.7 Å². The molecule has 6 heteroatoms. The van der Waals surface area contributed by atoms with Crippen molar-refractivity contribution in [1.29, 1.82) is 0 Å². The zero-order chi connectivity index (χ0) is 17.7. The van der Waals surface area contributed by atoms with Crippen molar-refractivity contribution in [1.82, 2.24) is 0 Å². The molecule has 0 aromatic heterocycles. The number of rotatable bonds is 1. The lowest BCUT2D eigenvalue weighted by Gasteiger charge is -2.30. The molecule has 2 aromatic carbocycles. The molecule has 1 N–H and O–H groups in total. The van der Waals surface area contributed by atoms with E-state index in [1.54, 1.807) is 30.3 Å². The first-order chi connectivity index (χ1) is 12.0. The highest BCUT2D eigenvalue weighted by molar-refractivity contribution is 9.10. The van der Waals surface area contributed by atoms with Crippen LogP contribution in [0.15, 0.2) is 58.3 Å². The first kappa shape index (κ1) is 15.8. The predicted octanol–water partition coefficient (Wildman–Crippen LogP) is 3.52. The number of halogens is 1. The molecule has 1 heterocycles. The van der Waals surface area contributed by atoms with Crippen LogP contribution in [0, 0.1) is 0 Å². The molecule has 0 spiro atoms. The fraction of sp³-hybridized carbons (Fsp3) is 0.105. The van der Waals surface area contributed by atoms with Gasteiger partial charge in [0.1, 0.15) is 5.75 Å². The lowest BCUT2D eigenvalue weighted by Crippen LogP contribution is -2.32. The van der Waals surface area contributed by atoms with E-state index in [9.17, 15) is 19.5 Å². The van der Waals surface area contributed by atoms with Crippen LogP contribution in [0.1, 0.15) is 38.6 Å². The SMILES string of the molecule is O=C1CC(c2cc(Br)ccc2O)C2=C(O1)C(=O)c1ccccc1C2=O. The van der Waals surface area contributed by atoms with E-state index in [4.69, 9.17) is 4.74 Å². The predicted molar refractivity (Wildman–Crippen MR) is 91.4 cm³/mol. The summed E-state index contributed by atoms with van der Waals surface area (Å²) in [5, 5.41) is 10.2. The smallest absolute Gasteiger partial charge is 0.312 e. The van der Waals surface area contributed by atoms with E-state index >= 15 is 0 Å². The first-order valence-corrected chi connectivity index (χ1v) is 8.38. The Hall–Kier alpha value is -2.73. The summed E-state index contributed by atoms with van der Waals surface area (Å²) in [7, 11) is 0. The summed E-state index contributed by atoms with van der Waals surface area (Å²) < 4.78 is 5.82. The fourth-order valence-electron chi connectivity index (χ4n) is 3.28. The quantitative estimate of drug-likeness (QED) is 0.743. The molecule has 0 amide bonds. The molecule has 0 bridgehead atoms. The number of fused-ring (bicyclic) bond motifs is 1. The Balaban J connectivity index is 1.95. The van der Waals surface area contributed by atoms with Crippen molar-refractivity contribution in [2.45, 2.75) is 12.3 Å². The molecule has 5 nitrogen and oxygen atoms in total. The lowest BCUT2D eigenvalue weighted by atomic mass is 9.76. The second-order valence-corrected chi connectivity index (χ2v) is 6.80. The molecular weight excluding hydrogens is 388 g/mol. The first-order valence-electron chi connectivity index (χ1n) is 7.59. The zero-order valence-electron chi connectivity index (χ0n) is 12.8. The van der Waals surface area contributed by atoms with Gasteiger partial charge in [-0.25, -0.2) is 0 Å². The minimum Gasteiger partial charge on any atom is -0.508 e. The zero-order valence-corrected chi connectivity index (χ0v) is 14.4. The number of benzene rings is 2. The van der Waals surface area contributed by atoms with Crippen LogP contribution in [-0.2, 0) is 9.53 Å². The third-order valence-electron chi connectivity index (χ3n) is 4.41. The van der Waals surface area contributed by atoms with Crippen LogP contribution >= 0.6 is 15.9 Å². The summed E-state index contributed by atoms with van der Waals surface area (Å²) in [6.07, 6.45) is -0.121. The van der Waals surface area contributed by atoms with Crippen LogP contribution in [0.4, 0.5) is 0 Å². The number of Topliss-reactive ketones (excluding diaryl/α,β-unsaturated/α-hetero) is 2. The van der Waals surface area contributed by atoms with Crippen molar-refractivity contribution in [3.63, 3.8) is 0 Å². The maximum absolute atomic E-state index is 13.0. The second-order valence-electron chi connectivity index (χ2n) is 5.88. The molecule has 0 fully saturated rings. The highest BCUT2D eigenvalue weighted by Gasteiger charge is 2.43. The number of carbonyl (C=O) groups excluding carboxylic acids is 3. The van der Waals surface area contributed by atoms with Crippen molar-refractivity contribution in [3.05, 3.63) is 75.0 Å². The van der Waals surface area contributed by atoms with Gasteiger partial charge in [-0.2, -0.15) is 0 Å². The van der Waals surface area contributed by atoms with Crippen LogP contribution < -0.4 is 0 Å². The van der Waals surface area contributed by atoms with Crippen LogP contribution in [0.3, 0.4) is 0 Å². The number of aromatic hydroxyl groups is 1. The number of ether oxygens (including phenoxy) is 1. The van der Waals surface area contributed by atoms with E-state index in [0.717, 1.165) is 0 Å². The number of carbonyl (C=O) groups is 3. The molecule has 2 aliphatic rings. The molecule has 1 atom stereocenters. The molecule has 1 aliphatic heterocycles. The third-order valence-corrected chi connectivity index (χ3v) is 4.91. The number of allylic oxidation sites excluding steroid dienone is 2. The average molecular weight is 399 g/mol. The van der Waals surface area contributed by atoms with E-state index < -0.39 is 17.7 Å². The van der Waals surface area contributed by atoms with Crippen LogP contribution in [0.2, 0.25) is 0 Å². The molecule has 1 unspecified atom stereocenters. The molecule has 0 saturated carbocycles. The summed E-state index contributed by atoms with van der Waals surface area (Å²) in [5.74, 6) is -2.47. The highest BCUT2D eigenvalue weighted by Crippen LogP contribution is 2.44. The Morgan fingerprint density at radius 3 is 2.40 bits per heavy atom. The van der Waals surface area contributed by atoms with Crippen molar-refractivity contribution in [2.75, 3.05) is 0 Å². The standard InChI is InChI=1S/C19H11BrO5/c20-9-5-6-14(21)12(7-9)13-8-15(22)25-19-16(13)17(23)10-3-1-2-4-11(10)18(19)24/h1-7,13,21H,8H2. The molecule has 2 aromatic rings. The highest BCUT2D eigenvalue weighted by atomic mass is 79.9. The molecule has 25 heavy (non-hydrogen) atoms. The van der Waals surface area contributed by atoms with E-state index in [1.807, 2.05) is 0 Å². The van der Waals surface area contributed by atoms with Crippen LogP contribution in [0.5, 0.6) is 5.75 Å². The fourth-order valence-corrected chi connectivity index (χ4v) is 3.66. The molecule has 0 radical (unpaired) electrons. The summed E-state index contributed by atoms with van der Waals surface area (Å²) in [5.41, 5.74) is 1.03. The van der Waals surface area contributed by atoms with E-state index in [0.29, 0.717) is 10.0 Å². The lowest BCUT2D eigenvalue weighted by molar-refractivity contribution is -0.140. The number of hydrogen-bond donors (Lipinski definition) is 1. The van der Waals surface area contributed by atoms with Gasteiger partial charge in [-0.15, -0.1) is 0 Å². The Morgan fingerprint density at radius 2 is 1.68 bits per heavy atom. The van der Waals surface area contributed by atoms with Gasteiger partial charge in [0.2, 0.25) is 5.78 Å². The van der Waals surface area contributed by atoms with E-state index in [2.05, 4.69) is 15.9 Å². The number of ketones is 2. The van der Waals surface area contributed by atoms with Gasteiger partial charge in [0.05, 0.1) is 12.0 Å². The molecular formula is C19H11BrO5. The Labute approximate surface area is 151 Å². The minimum absolute atomic E-state index is 0.0474. The summed E-state index contributed by atoms with van der Waals surface area (Å²) in [6, 6.07) is 11.2.